The summed E-state index contributed by atoms with van der Waals surface area (Å²) in [6.45, 7) is 14.0. The van der Waals surface area contributed by atoms with E-state index in [2.05, 4.69) is 102 Å². The molecule has 0 aliphatic rings. The first-order valence-corrected chi connectivity index (χ1v) is 11.7. The molecule has 0 heterocycles. The molecular weight excluding hydrogens is 312 g/mol. The van der Waals surface area contributed by atoms with E-state index in [-0.39, 0.29) is 10.1 Å². The normalized spacial score (nSPS) is 15.2. The van der Waals surface area contributed by atoms with E-state index in [1.807, 2.05) is 0 Å². The van der Waals surface area contributed by atoms with Crippen molar-refractivity contribution >= 4 is 28.5 Å². The Balaban J connectivity index is 2.39. The molecule has 0 bridgehead atoms. The number of hydrogen-bond donors (Lipinski definition) is 0. The maximum absolute atomic E-state index is 7.03. The second-order valence-electron chi connectivity index (χ2n) is 8.45. The van der Waals surface area contributed by atoms with Gasteiger partial charge in [-0.15, -0.1) is 0 Å². The molecule has 2 unspecified atom stereocenters. The second-order valence-corrected chi connectivity index (χ2v) is 15.9. The van der Waals surface area contributed by atoms with E-state index in [9.17, 15) is 0 Å². The molecule has 2 aromatic rings. The van der Waals surface area contributed by atoms with E-state index in [0.29, 0.717) is 0 Å². The van der Waals surface area contributed by atoms with Crippen LogP contribution in [-0.2, 0) is 4.12 Å². The lowest BCUT2D eigenvalue weighted by Gasteiger charge is -2.38. The topological polar surface area (TPSA) is 9.23 Å². The molecule has 0 saturated heterocycles. The average molecular weight is 343 g/mol. The molecule has 2 aromatic carbocycles. The van der Waals surface area contributed by atoms with Crippen LogP contribution in [0.5, 0.6) is 0 Å². The largest absolute Gasteiger partial charge is 0.452 e. The van der Waals surface area contributed by atoms with Gasteiger partial charge in [-0.05, 0) is 20.4 Å². The van der Waals surface area contributed by atoms with Crippen molar-refractivity contribution in [1.29, 1.82) is 0 Å². The summed E-state index contributed by atoms with van der Waals surface area (Å²) in [5, 5.41) is 3.23. The molecule has 0 aromatic heterocycles. The minimum absolute atomic E-state index is 0.201. The first-order chi connectivity index (χ1) is 10.7. The van der Waals surface area contributed by atoms with Crippen molar-refractivity contribution in [3.63, 3.8) is 0 Å². The number of hydrogen-bond acceptors (Lipinski definition) is 1. The van der Waals surface area contributed by atoms with Crippen LogP contribution in [0.4, 0.5) is 0 Å². The number of rotatable bonds is 4. The highest BCUT2D eigenvalue weighted by Gasteiger charge is 2.37. The van der Waals surface area contributed by atoms with E-state index < -0.39 is 18.1 Å². The minimum Gasteiger partial charge on any atom is -0.452 e. The Morgan fingerprint density at radius 2 is 0.870 bits per heavy atom. The van der Waals surface area contributed by atoms with E-state index >= 15 is 0 Å². The molecule has 1 nitrogen and oxygen atoms in total. The molecule has 3 heteroatoms. The zero-order valence-electron chi connectivity index (χ0n) is 15.3. The molecule has 124 valence electrons. The van der Waals surface area contributed by atoms with Gasteiger partial charge in [-0.2, -0.15) is 0 Å². The zero-order valence-corrected chi connectivity index (χ0v) is 17.6. The summed E-state index contributed by atoms with van der Waals surface area (Å²) in [6, 6.07) is 21.7. The molecule has 0 aliphatic carbocycles. The van der Waals surface area contributed by atoms with Crippen LogP contribution >= 0.6 is 0 Å². The predicted octanol–water partition coefficient (Wildman–Crippen LogP) is 3.87. The Kier molecular flexibility index (Phi) is 5.66. The van der Waals surface area contributed by atoms with E-state index in [1.54, 1.807) is 0 Å². The third kappa shape index (κ3) is 4.90. The molecule has 2 rings (SSSR count). The molecule has 0 spiro atoms. The summed E-state index contributed by atoms with van der Waals surface area (Å²) in [6.07, 6.45) is 0. The zero-order chi connectivity index (χ0) is 17.1. The van der Waals surface area contributed by atoms with E-state index in [0.717, 1.165) is 0 Å². The maximum atomic E-state index is 7.03. The Morgan fingerprint density at radius 1 is 0.565 bits per heavy atom. The molecule has 0 saturated carbocycles. The van der Waals surface area contributed by atoms with Crippen molar-refractivity contribution < 1.29 is 4.12 Å². The summed E-state index contributed by atoms with van der Waals surface area (Å²) in [7, 11) is -3.09. The van der Waals surface area contributed by atoms with Crippen LogP contribution in [0.2, 0.25) is 10.1 Å². The van der Waals surface area contributed by atoms with Gasteiger partial charge in [0.25, 0.3) is 0 Å². The van der Waals surface area contributed by atoms with Gasteiger partial charge in [0.1, 0.15) is 0 Å². The summed E-state index contributed by atoms with van der Waals surface area (Å²) in [5.41, 5.74) is 0. The highest BCUT2D eigenvalue weighted by Crippen LogP contribution is 2.33. The Hall–Kier alpha value is -1.17. The quantitative estimate of drug-likeness (QED) is 0.767. The minimum atomic E-state index is -1.55. The first kappa shape index (κ1) is 18.2. The molecule has 0 fully saturated rings. The van der Waals surface area contributed by atoms with Crippen molar-refractivity contribution in [2.45, 2.75) is 51.6 Å². The number of benzene rings is 2. The monoisotopic (exact) mass is 342 g/mol. The standard InChI is InChI=1S/C20H30OSi2/c1-19(2,3)22(17-13-9-7-10-14-17)21-23(20(4,5)6)18-15-11-8-12-16-18/h7-16,22-23H,1-6H3. The lowest BCUT2D eigenvalue weighted by Crippen LogP contribution is -2.52. The van der Waals surface area contributed by atoms with Crippen LogP contribution in [0.25, 0.3) is 0 Å². The summed E-state index contributed by atoms with van der Waals surface area (Å²) >= 11 is 0. The maximum Gasteiger partial charge on any atom is 0.201 e. The summed E-state index contributed by atoms with van der Waals surface area (Å²) in [5.74, 6) is 0. The van der Waals surface area contributed by atoms with Gasteiger partial charge in [0.2, 0.25) is 18.1 Å². The van der Waals surface area contributed by atoms with Crippen LogP contribution in [-0.4, -0.2) is 18.1 Å². The first-order valence-electron chi connectivity index (χ1n) is 8.45. The van der Waals surface area contributed by atoms with Crippen LogP contribution in [0, 0.1) is 0 Å². The Morgan fingerprint density at radius 3 is 1.13 bits per heavy atom. The Labute approximate surface area is 145 Å². The fraction of sp³-hybridized carbons (Fsp3) is 0.400. The van der Waals surface area contributed by atoms with E-state index in [1.165, 1.54) is 10.4 Å². The predicted molar refractivity (Wildman–Crippen MR) is 107 cm³/mol. The lowest BCUT2D eigenvalue weighted by atomic mass is 10.2. The van der Waals surface area contributed by atoms with Gasteiger partial charge in [0, 0.05) is 0 Å². The molecular formula is C20H30OSi2. The van der Waals surface area contributed by atoms with Gasteiger partial charge >= 0.3 is 0 Å². The average Bonchev–Trinajstić information content (AvgIpc) is 2.47. The van der Waals surface area contributed by atoms with Crippen molar-refractivity contribution in [2.75, 3.05) is 0 Å². The third-order valence-corrected chi connectivity index (χ3v) is 11.4. The highest BCUT2D eigenvalue weighted by atomic mass is 28.4. The summed E-state index contributed by atoms with van der Waals surface area (Å²) < 4.78 is 7.03. The van der Waals surface area contributed by atoms with Crippen LogP contribution in [0.3, 0.4) is 0 Å². The fourth-order valence-corrected chi connectivity index (χ4v) is 11.7. The highest BCUT2D eigenvalue weighted by molar-refractivity contribution is 6.82. The van der Waals surface area contributed by atoms with Crippen molar-refractivity contribution in [1.82, 2.24) is 0 Å². The molecule has 0 radical (unpaired) electrons. The third-order valence-electron chi connectivity index (χ3n) is 4.05. The molecule has 23 heavy (non-hydrogen) atoms. The van der Waals surface area contributed by atoms with Gasteiger partial charge in [-0.1, -0.05) is 102 Å². The molecule has 2 atom stereocenters. The fourth-order valence-electron chi connectivity index (χ4n) is 2.96. The van der Waals surface area contributed by atoms with Gasteiger partial charge in [-0.3, -0.25) is 0 Å². The second kappa shape index (κ2) is 7.16. The summed E-state index contributed by atoms with van der Waals surface area (Å²) in [4.78, 5) is 0. The van der Waals surface area contributed by atoms with Crippen LogP contribution in [0.15, 0.2) is 60.7 Å². The molecule has 0 aliphatic heterocycles. The smallest absolute Gasteiger partial charge is 0.201 e. The van der Waals surface area contributed by atoms with Crippen LogP contribution in [0.1, 0.15) is 41.5 Å². The molecule has 0 N–H and O–H groups in total. The molecule has 0 amide bonds. The van der Waals surface area contributed by atoms with Crippen molar-refractivity contribution in [3.8, 4) is 0 Å². The van der Waals surface area contributed by atoms with E-state index in [4.69, 9.17) is 4.12 Å². The van der Waals surface area contributed by atoms with Gasteiger partial charge in [0.05, 0.1) is 0 Å². The lowest BCUT2D eigenvalue weighted by molar-refractivity contribution is 0.507. The van der Waals surface area contributed by atoms with Gasteiger partial charge in [0.15, 0.2) is 0 Å². The SMILES string of the molecule is CC(C)(C)[SiH](O[SiH](c1ccccc1)C(C)(C)C)c1ccccc1. The van der Waals surface area contributed by atoms with Crippen LogP contribution < -0.4 is 10.4 Å². The van der Waals surface area contributed by atoms with Gasteiger partial charge < -0.3 is 4.12 Å². The van der Waals surface area contributed by atoms with Crippen molar-refractivity contribution in [3.05, 3.63) is 60.7 Å². The Bertz CT molecular complexity index is 542. The van der Waals surface area contributed by atoms with Crippen molar-refractivity contribution in [2.24, 2.45) is 0 Å². The van der Waals surface area contributed by atoms with Gasteiger partial charge in [-0.25, -0.2) is 0 Å².